The predicted octanol–water partition coefficient (Wildman–Crippen LogP) is 15.6. The minimum Gasteiger partial charge on any atom is -0.367 e. The second-order valence-corrected chi connectivity index (χ2v) is 15.4. The van der Waals surface area contributed by atoms with E-state index in [4.69, 9.17) is 0 Å². The third kappa shape index (κ3) is 6.84. The minimum atomic E-state index is -0.598. The van der Waals surface area contributed by atoms with Gasteiger partial charge in [-0.05, 0) is 115 Å². The molecule has 290 valence electrons. The van der Waals surface area contributed by atoms with Crippen molar-refractivity contribution in [1.29, 1.82) is 0 Å². The Morgan fingerprint density at radius 3 is 1.59 bits per heavy atom. The van der Waals surface area contributed by atoms with Gasteiger partial charge >= 0.3 is 0 Å². The number of aromatic amines is 1. The Kier molecular flexibility index (Phi) is 10.0. The molecule has 61 heavy (non-hydrogen) atoms. The number of para-hydroxylation sites is 1. The maximum absolute atomic E-state index is 3.86. The molecule has 0 bridgehead atoms. The van der Waals surface area contributed by atoms with E-state index < -0.39 is 5.41 Å². The van der Waals surface area contributed by atoms with Crippen molar-refractivity contribution in [2.75, 3.05) is 4.90 Å². The van der Waals surface area contributed by atoms with Gasteiger partial charge in [-0.1, -0.05) is 201 Å². The molecule has 1 heterocycles. The van der Waals surface area contributed by atoms with Crippen molar-refractivity contribution in [3.05, 3.63) is 277 Å². The molecule has 0 saturated heterocycles. The van der Waals surface area contributed by atoms with Crippen LogP contribution in [0.1, 0.15) is 27.8 Å². The number of nitrogens with zero attached hydrogens (tertiary/aromatic N) is 1. The molecule has 1 atom stereocenters. The van der Waals surface area contributed by atoms with Gasteiger partial charge < -0.3 is 9.88 Å². The number of allylic oxidation sites excluding steroid dienone is 4. The summed E-state index contributed by atoms with van der Waals surface area (Å²) < 4.78 is 0. The number of benzene rings is 8. The molecule has 2 heteroatoms. The largest absolute Gasteiger partial charge is 0.367 e. The Labute approximate surface area is 358 Å². The highest BCUT2D eigenvalue weighted by Gasteiger charge is 2.47. The Balaban J connectivity index is 1.17. The van der Waals surface area contributed by atoms with E-state index in [1.165, 1.54) is 66.8 Å². The molecule has 0 aliphatic heterocycles. The fourth-order valence-corrected chi connectivity index (χ4v) is 9.15. The fourth-order valence-electron chi connectivity index (χ4n) is 9.15. The molecule has 1 unspecified atom stereocenters. The lowest BCUT2D eigenvalue weighted by Gasteiger charge is -2.34. The van der Waals surface area contributed by atoms with Crippen LogP contribution in [0.15, 0.2) is 250 Å². The maximum Gasteiger partial charge on any atom is 0.0729 e. The van der Waals surface area contributed by atoms with Crippen molar-refractivity contribution in [2.45, 2.75) is 5.41 Å². The molecular formula is C59H44N2. The van der Waals surface area contributed by atoms with Crippen LogP contribution in [0.4, 0.5) is 17.1 Å². The maximum atomic E-state index is 3.86. The zero-order valence-electron chi connectivity index (χ0n) is 33.8. The van der Waals surface area contributed by atoms with Crippen LogP contribution in [0, 0.1) is 0 Å². The smallest absolute Gasteiger partial charge is 0.0729 e. The molecule has 0 saturated carbocycles. The first-order valence-electron chi connectivity index (χ1n) is 20.9. The summed E-state index contributed by atoms with van der Waals surface area (Å²) in [5, 5.41) is 0. The summed E-state index contributed by atoms with van der Waals surface area (Å²) in [4.78, 5) is 5.85. The molecule has 9 aromatic rings. The Morgan fingerprint density at radius 1 is 0.426 bits per heavy atom. The molecule has 2 nitrogen and oxygen atoms in total. The first kappa shape index (κ1) is 37.3. The number of fused-ring (bicyclic) bond motifs is 3. The van der Waals surface area contributed by atoms with Crippen molar-refractivity contribution in [3.8, 4) is 44.5 Å². The average Bonchev–Trinajstić information content (AvgIpc) is 3.97. The van der Waals surface area contributed by atoms with Crippen molar-refractivity contribution >= 4 is 23.1 Å². The molecule has 1 aliphatic rings. The van der Waals surface area contributed by atoms with Crippen LogP contribution in [-0.2, 0) is 5.41 Å². The van der Waals surface area contributed by atoms with Crippen LogP contribution in [0.2, 0.25) is 0 Å². The topological polar surface area (TPSA) is 19.0 Å². The normalized spacial score (nSPS) is 14.2. The standard InChI is InChI=1S/C59H44N2/c1-2-3-4-8-21-48-22-15-16-25-58(48)61(52-33-30-46(31-34-52)44-19-11-6-12-20-44)53-35-37-55-54-36-32-49(47-28-26-45(27-29-47)43-17-9-5-10-18-43)40-56(54)59(57(55)41-53,51-38-39-60-42-51)50-23-13-7-14-24-50/h2-42,60H,1H2/b4-3-,21-8-. The SMILES string of the molecule is C=C/C=C\C=C/c1ccccc1N(c1ccc(-c2ccccc2)cc1)c1ccc2c(c1)C(c1ccccc1)(c1cc[nH]c1)c1cc(-c3ccc(-c4ccccc4)cc3)ccc1-2. The van der Waals surface area contributed by atoms with E-state index in [1.807, 2.05) is 12.2 Å². The highest BCUT2D eigenvalue weighted by Crippen LogP contribution is 2.58. The second kappa shape index (κ2) is 16.4. The zero-order valence-corrected chi connectivity index (χ0v) is 33.8. The van der Waals surface area contributed by atoms with Crippen molar-refractivity contribution < 1.29 is 0 Å². The number of H-pyrrole nitrogens is 1. The van der Waals surface area contributed by atoms with Gasteiger partial charge in [0.1, 0.15) is 0 Å². The first-order chi connectivity index (χ1) is 30.2. The summed E-state index contributed by atoms with van der Waals surface area (Å²) in [5.74, 6) is 0. The van der Waals surface area contributed by atoms with Gasteiger partial charge in [0.05, 0.1) is 11.1 Å². The number of aromatic nitrogens is 1. The van der Waals surface area contributed by atoms with Gasteiger partial charge in [-0.25, -0.2) is 0 Å². The van der Waals surface area contributed by atoms with Crippen LogP contribution in [0.3, 0.4) is 0 Å². The van der Waals surface area contributed by atoms with Gasteiger partial charge in [0.25, 0.3) is 0 Å². The van der Waals surface area contributed by atoms with E-state index in [1.54, 1.807) is 6.08 Å². The number of nitrogens with one attached hydrogen (secondary N) is 1. The second-order valence-electron chi connectivity index (χ2n) is 15.4. The summed E-state index contributed by atoms with van der Waals surface area (Å²) in [5.41, 5.74) is 18.3. The third-order valence-electron chi connectivity index (χ3n) is 12.0. The van der Waals surface area contributed by atoms with Gasteiger partial charge in [0.2, 0.25) is 0 Å². The first-order valence-corrected chi connectivity index (χ1v) is 20.9. The van der Waals surface area contributed by atoms with Gasteiger partial charge in [-0.15, -0.1) is 0 Å². The average molecular weight is 781 g/mol. The van der Waals surface area contributed by atoms with Crippen molar-refractivity contribution in [1.82, 2.24) is 4.98 Å². The van der Waals surface area contributed by atoms with Crippen LogP contribution in [-0.4, -0.2) is 4.98 Å². The van der Waals surface area contributed by atoms with Gasteiger partial charge in [-0.3, -0.25) is 0 Å². The molecule has 1 aromatic heterocycles. The van der Waals surface area contributed by atoms with E-state index in [2.05, 4.69) is 247 Å². The van der Waals surface area contributed by atoms with E-state index >= 15 is 0 Å². The third-order valence-corrected chi connectivity index (χ3v) is 12.0. The molecule has 0 spiro atoms. The lowest BCUT2D eigenvalue weighted by molar-refractivity contribution is 0.770. The Morgan fingerprint density at radius 2 is 0.951 bits per heavy atom. The monoisotopic (exact) mass is 780 g/mol. The van der Waals surface area contributed by atoms with Crippen LogP contribution < -0.4 is 4.90 Å². The lowest BCUT2D eigenvalue weighted by Crippen LogP contribution is -2.28. The van der Waals surface area contributed by atoms with Crippen molar-refractivity contribution in [2.24, 2.45) is 0 Å². The van der Waals surface area contributed by atoms with E-state index in [0.29, 0.717) is 0 Å². The molecule has 0 radical (unpaired) electrons. The molecule has 1 N–H and O–H groups in total. The minimum absolute atomic E-state index is 0.598. The van der Waals surface area contributed by atoms with E-state index in [0.717, 1.165) is 22.6 Å². The highest BCUT2D eigenvalue weighted by atomic mass is 15.1. The van der Waals surface area contributed by atoms with Gasteiger partial charge in [0, 0.05) is 23.8 Å². The number of anilines is 3. The van der Waals surface area contributed by atoms with Crippen molar-refractivity contribution in [3.63, 3.8) is 0 Å². The summed E-state index contributed by atoms with van der Waals surface area (Å²) in [6.07, 6.45) is 14.3. The summed E-state index contributed by atoms with van der Waals surface area (Å²) in [6.45, 7) is 3.86. The molecule has 0 amide bonds. The van der Waals surface area contributed by atoms with Crippen LogP contribution in [0.25, 0.3) is 50.6 Å². The van der Waals surface area contributed by atoms with E-state index in [-0.39, 0.29) is 0 Å². The number of hydrogen-bond donors (Lipinski definition) is 1. The fraction of sp³-hybridized carbons (Fsp3) is 0.0169. The van der Waals surface area contributed by atoms with Crippen LogP contribution in [0.5, 0.6) is 0 Å². The summed E-state index contributed by atoms with van der Waals surface area (Å²) in [7, 11) is 0. The van der Waals surface area contributed by atoms with Gasteiger partial charge in [-0.2, -0.15) is 0 Å². The quantitative estimate of drug-likeness (QED) is 0.130. The van der Waals surface area contributed by atoms with E-state index in [9.17, 15) is 0 Å². The zero-order chi connectivity index (χ0) is 41.0. The Bertz CT molecular complexity index is 3000. The summed E-state index contributed by atoms with van der Waals surface area (Å²) >= 11 is 0. The summed E-state index contributed by atoms with van der Waals surface area (Å²) in [6, 6.07) is 75.1. The molecular weight excluding hydrogens is 737 g/mol. The highest BCUT2D eigenvalue weighted by molar-refractivity contribution is 5.92. The Hall–Kier alpha value is -7.94. The predicted molar refractivity (Wildman–Crippen MR) is 257 cm³/mol. The number of rotatable bonds is 11. The number of hydrogen-bond acceptors (Lipinski definition) is 1. The van der Waals surface area contributed by atoms with Gasteiger partial charge in [0.15, 0.2) is 0 Å². The molecule has 10 rings (SSSR count). The molecule has 8 aromatic carbocycles. The molecule has 1 aliphatic carbocycles. The lowest BCUT2D eigenvalue weighted by atomic mass is 9.68. The van der Waals surface area contributed by atoms with Crippen LogP contribution >= 0.6 is 0 Å². The molecule has 0 fully saturated rings.